The molecule has 0 saturated carbocycles. The largest absolute Gasteiger partial charge is 0.497 e. The van der Waals surface area contributed by atoms with Crippen molar-refractivity contribution in [3.8, 4) is 11.5 Å². The van der Waals surface area contributed by atoms with Crippen molar-refractivity contribution in [2.24, 2.45) is 5.73 Å². The van der Waals surface area contributed by atoms with Gasteiger partial charge in [0, 0.05) is 43.3 Å². The maximum absolute atomic E-state index is 13.4. The lowest BCUT2D eigenvalue weighted by Crippen LogP contribution is -2.27. The second kappa shape index (κ2) is 26.0. The molecule has 6 aromatic rings. The molecule has 69 heavy (non-hydrogen) atoms. The van der Waals surface area contributed by atoms with Crippen molar-refractivity contribution in [3.63, 3.8) is 0 Å². The van der Waals surface area contributed by atoms with Gasteiger partial charge >= 0.3 is 21.2 Å². The summed E-state index contributed by atoms with van der Waals surface area (Å²) in [7, 11) is -3.26. The van der Waals surface area contributed by atoms with Crippen LogP contribution in [0.15, 0.2) is 84.9 Å². The van der Waals surface area contributed by atoms with E-state index in [0.717, 1.165) is 0 Å². The number of nitrogens with two attached hydrogens (primary N) is 1. The molecule has 0 aliphatic rings. The summed E-state index contributed by atoms with van der Waals surface area (Å²) < 4.78 is 57.7. The van der Waals surface area contributed by atoms with Crippen LogP contribution in [0.25, 0.3) is 21.8 Å². The highest BCUT2D eigenvalue weighted by Gasteiger charge is 2.27. The first-order valence-corrected chi connectivity index (χ1v) is 26.0. The summed E-state index contributed by atoms with van der Waals surface area (Å²) in [6.45, 7) is 11.6. The van der Waals surface area contributed by atoms with Gasteiger partial charge in [-0.3, -0.25) is 37.4 Å². The van der Waals surface area contributed by atoms with Crippen molar-refractivity contribution < 1.29 is 61.0 Å². The van der Waals surface area contributed by atoms with E-state index in [1.54, 1.807) is 145 Å². The van der Waals surface area contributed by atoms with Gasteiger partial charge in [0.05, 0.1) is 70.8 Å². The van der Waals surface area contributed by atoms with Crippen molar-refractivity contribution in [1.29, 1.82) is 0 Å². The Morgan fingerprint density at radius 1 is 0.609 bits per heavy atom. The number of halogens is 2. The van der Waals surface area contributed by atoms with Crippen LogP contribution >= 0.6 is 38.4 Å². The minimum Gasteiger partial charge on any atom is -0.497 e. The molecular formula is C48H58Cl2N4O13P2. The number of carboxylic acid groups (broad SMARTS) is 1. The summed E-state index contributed by atoms with van der Waals surface area (Å²) in [5.74, 6) is -0.598. The van der Waals surface area contributed by atoms with Crippen LogP contribution in [0.3, 0.4) is 0 Å². The van der Waals surface area contributed by atoms with E-state index in [0.29, 0.717) is 90.2 Å². The van der Waals surface area contributed by atoms with Gasteiger partial charge in [-0.05, 0) is 138 Å². The number of carboxylic acids is 1. The fourth-order valence-corrected chi connectivity index (χ4v) is 9.95. The minimum absolute atomic E-state index is 0.0331. The van der Waals surface area contributed by atoms with Crippen LogP contribution in [0.5, 0.6) is 11.5 Å². The predicted molar refractivity (Wildman–Crippen MR) is 268 cm³/mol. The summed E-state index contributed by atoms with van der Waals surface area (Å²) in [5, 5.41) is 14.4. The molecule has 0 aliphatic heterocycles. The Bertz CT molecular complexity index is 2830. The van der Waals surface area contributed by atoms with Crippen molar-refractivity contribution in [2.75, 3.05) is 53.2 Å². The fraction of sp³-hybridized carbons (Fsp3) is 0.333. The van der Waals surface area contributed by atoms with Crippen LogP contribution in [0.2, 0.25) is 10.0 Å². The number of carbonyl (C=O) groups is 4. The lowest BCUT2D eigenvalue weighted by molar-refractivity contribution is -0.136. The van der Waals surface area contributed by atoms with E-state index in [9.17, 15) is 33.4 Å². The number of nitrogens with zero attached hydrogens (tertiary/aromatic N) is 2. The number of nitrogens with one attached hydrogen (secondary N) is 1. The number of amides is 1. The molecule has 21 heteroatoms. The molecule has 372 valence electrons. The Hall–Kier alpha value is -5.32. The topological polar surface area (TPSA) is 226 Å². The summed E-state index contributed by atoms with van der Waals surface area (Å²) in [6, 6.07) is 23.8. The third kappa shape index (κ3) is 14.6. The molecule has 0 saturated heterocycles. The average molecular weight is 1030 g/mol. The van der Waals surface area contributed by atoms with Gasteiger partial charge < -0.3 is 43.7 Å². The SMILES string of the molecule is CCOP(=O)(CN)OCC.CCOP(=O)(CNC(=O)Cc1c(C)n(C(=O)c2ccc(Cl)cc2)c2ccc(OC)cc12)OCC.COc1ccc2c(c1)c(CC(=O)O)c(C)n2C(=O)c1ccc(Cl)cc1. The smallest absolute Gasteiger partial charge is 0.349 e. The molecule has 0 radical (unpaired) electrons. The van der Waals surface area contributed by atoms with Crippen LogP contribution in [0.4, 0.5) is 0 Å². The van der Waals surface area contributed by atoms with Gasteiger partial charge in [0.2, 0.25) is 5.91 Å². The zero-order chi connectivity index (χ0) is 51.1. The van der Waals surface area contributed by atoms with Crippen molar-refractivity contribution in [3.05, 3.63) is 129 Å². The van der Waals surface area contributed by atoms with E-state index in [4.69, 9.17) is 56.5 Å². The Balaban J connectivity index is 0.000000258. The van der Waals surface area contributed by atoms with E-state index in [-0.39, 0.29) is 56.3 Å². The standard InChI is InChI=1S/C24H28ClN2O6P.C19H16ClNO4.C5H14NO3P/c1-5-32-34(30,33-6-2)15-26-23(28)14-20-16(3)27(22-12-11-19(31-4)13-21(20)22)24(29)17-7-9-18(25)10-8-17;1-11-15(10-18(22)23)16-9-14(25-2)7-8-17(16)21(11)19(24)12-3-5-13(20)6-4-12;1-3-8-10(7,5-6)9-4-2/h7-13H,5-6,14-15H2,1-4H3,(H,26,28);3-9H,10H2,1-2H3,(H,22,23);3-6H2,1-2H3. The highest BCUT2D eigenvalue weighted by Crippen LogP contribution is 2.47. The molecule has 6 rings (SSSR count). The number of ether oxygens (including phenoxy) is 2. The van der Waals surface area contributed by atoms with E-state index in [2.05, 4.69) is 5.32 Å². The molecule has 0 spiro atoms. The van der Waals surface area contributed by atoms with Gasteiger partial charge in [0.15, 0.2) is 0 Å². The first-order valence-electron chi connectivity index (χ1n) is 21.7. The molecule has 2 aromatic heterocycles. The number of aromatic nitrogens is 2. The Kier molecular flexibility index (Phi) is 21.2. The lowest BCUT2D eigenvalue weighted by Gasteiger charge is -2.17. The zero-order valence-electron chi connectivity index (χ0n) is 39.7. The van der Waals surface area contributed by atoms with E-state index in [1.165, 1.54) is 4.57 Å². The van der Waals surface area contributed by atoms with Crippen molar-refractivity contribution in [2.45, 2.75) is 54.4 Å². The fourth-order valence-electron chi connectivity index (χ4n) is 7.21. The van der Waals surface area contributed by atoms with Gasteiger partial charge in [0.25, 0.3) is 11.8 Å². The molecule has 0 atom stereocenters. The van der Waals surface area contributed by atoms with E-state index < -0.39 is 21.2 Å². The summed E-state index contributed by atoms with van der Waals surface area (Å²) in [4.78, 5) is 50.4. The quantitative estimate of drug-likeness (QED) is 0.0642. The summed E-state index contributed by atoms with van der Waals surface area (Å²) in [5.41, 5.74) is 9.89. The number of aliphatic carboxylic acids is 1. The molecule has 0 bridgehead atoms. The Morgan fingerprint density at radius 2 is 0.986 bits per heavy atom. The first kappa shape index (κ1) is 56.3. The van der Waals surface area contributed by atoms with E-state index in [1.807, 2.05) is 0 Å². The summed E-state index contributed by atoms with van der Waals surface area (Å²) in [6.07, 6.45) is -0.488. The van der Waals surface area contributed by atoms with Gasteiger partial charge in [-0.15, -0.1) is 0 Å². The molecule has 4 N–H and O–H groups in total. The molecule has 17 nitrogen and oxygen atoms in total. The average Bonchev–Trinajstić information content (AvgIpc) is 3.75. The lowest BCUT2D eigenvalue weighted by atomic mass is 10.1. The van der Waals surface area contributed by atoms with Gasteiger partial charge in [-0.2, -0.15) is 0 Å². The predicted octanol–water partition coefficient (Wildman–Crippen LogP) is 10.3. The van der Waals surface area contributed by atoms with E-state index >= 15 is 0 Å². The van der Waals surface area contributed by atoms with Crippen LogP contribution in [0, 0.1) is 13.8 Å². The molecule has 1 amide bonds. The van der Waals surface area contributed by atoms with Crippen LogP contribution in [-0.4, -0.2) is 91.2 Å². The molecular weight excluding hydrogens is 973 g/mol. The Morgan fingerprint density at radius 3 is 1.33 bits per heavy atom. The van der Waals surface area contributed by atoms with Crippen molar-refractivity contribution in [1.82, 2.24) is 14.5 Å². The summed E-state index contributed by atoms with van der Waals surface area (Å²) >= 11 is 11.9. The zero-order valence-corrected chi connectivity index (χ0v) is 43.0. The maximum atomic E-state index is 13.4. The maximum Gasteiger partial charge on any atom is 0.349 e. The molecule has 0 aliphatic carbocycles. The van der Waals surface area contributed by atoms with Gasteiger partial charge in [-0.25, -0.2) is 0 Å². The Labute approximate surface area is 411 Å². The van der Waals surface area contributed by atoms with Crippen LogP contribution in [-0.2, 0) is 49.7 Å². The number of rotatable bonds is 19. The number of carbonyl (C=O) groups excluding carboxylic acids is 3. The third-order valence-corrected chi connectivity index (χ3v) is 14.4. The molecule has 2 heterocycles. The van der Waals surface area contributed by atoms with Crippen LogP contribution in [0.1, 0.15) is 70.9 Å². The highest BCUT2D eigenvalue weighted by molar-refractivity contribution is 7.54. The van der Waals surface area contributed by atoms with Gasteiger partial charge in [-0.1, -0.05) is 23.2 Å². The monoisotopic (exact) mass is 1030 g/mol. The van der Waals surface area contributed by atoms with Crippen molar-refractivity contribution >= 4 is 83.9 Å². The highest BCUT2D eigenvalue weighted by atomic mass is 35.5. The number of hydrogen-bond donors (Lipinski definition) is 3. The molecule has 4 aromatic carbocycles. The first-order chi connectivity index (χ1) is 32.8. The second-order valence-electron chi connectivity index (χ2n) is 14.8. The van der Waals surface area contributed by atoms with Gasteiger partial charge in [0.1, 0.15) is 17.8 Å². The number of hydrogen-bond acceptors (Lipinski definition) is 13. The number of fused-ring (bicyclic) bond motifs is 2. The minimum atomic E-state index is -3.43. The molecule has 0 fully saturated rings. The molecule has 0 unspecified atom stereocenters. The van der Waals surface area contributed by atoms with Crippen LogP contribution < -0.4 is 20.5 Å². The normalized spacial score (nSPS) is 11.3. The third-order valence-electron chi connectivity index (χ3n) is 10.3. The second-order valence-corrected chi connectivity index (χ2v) is 19.8. The number of benzene rings is 4. The number of methoxy groups -OCH3 is 2.